The van der Waals surface area contributed by atoms with Crippen LogP contribution in [0.3, 0.4) is 0 Å². The highest BCUT2D eigenvalue weighted by molar-refractivity contribution is 5.89. The Morgan fingerprint density at radius 1 is 1.09 bits per heavy atom. The molecule has 22 heavy (non-hydrogen) atoms. The van der Waals surface area contributed by atoms with E-state index < -0.39 is 11.8 Å². The lowest BCUT2D eigenvalue weighted by molar-refractivity contribution is 0.0466. The summed E-state index contributed by atoms with van der Waals surface area (Å²) in [6, 6.07) is 12.9. The second-order valence-corrected chi connectivity index (χ2v) is 4.83. The maximum absolute atomic E-state index is 13.1. The SMILES string of the molecule is Cc1nc2ccccc2nc1COC(=O)c1cccc(F)c1. The van der Waals surface area contributed by atoms with E-state index in [0.29, 0.717) is 11.4 Å². The summed E-state index contributed by atoms with van der Waals surface area (Å²) < 4.78 is 18.3. The second-order valence-electron chi connectivity index (χ2n) is 4.83. The lowest BCUT2D eigenvalue weighted by Gasteiger charge is -2.08. The summed E-state index contributed by atoms with van der Waals surface area (Å²) in [6.45, 7) is 1.81. The number of ether oxygens (including phenoxy) is 1. The molecule has 0 spiro atoms. The van der Waals surface area contributed by atoms with Gasteiger partial charge in [-0.25, -0.2) is 19.2 Å². The van der Waals surface area contributed by atoms with Crippen molar-refractivity contribution in [2.24, 2.45) is 0 Å². The van der Waals surface area contributed by atoms with Crippen molar-refractivity contribution in [1.82, 2.24) is 9.97 Å². The van der Waals surface area contributed by atoms with Gasteiger partial charge in [-0.2, -0.15) is 0 Å². The number of carbonyl (C=O) groups excluding carboxylic acids is 1. The van der Waals surface area contributed by atoms with E-state index in [-0.39, 0.29) is 12.2 Å². The van der Waals surface area contributed by atoms with Gasteiger partial charge in [0.05, 0.1) is 28.0 Å². The zero-order valence-electron chi connectivity index (χ0n) is 11.9. The van der Waals surface area contributed by atoms with Crippen LogP contribution in [0.25, 0.3) is 11.0 Å². The molecular weight excluding hydrogens is 283 g/mol. The van der Waals surface area contributed by atoms with Crippen LogP contribution >= 0.6 is 0 Å². The quantitative estimate of drug-likeness (QED) is 0.695. The molecule has 1 heterocycles. The third-order valence-corrected chi connectivity index (χ3v) is 3.24. The molecule has 0 aliphatic rings. The summed E-state index contributed by atoms with van der Waals surface area (Å²) in [5, 5.41) is 0. The van der Waals surface area contributed by atoms with E-state index in [1.165, 1.54) is 18.2 Å². The number of halogens is 1. The Kier molecular flexibility index (Phi) is 3.78. The highest BCUT2D eigenvalue weighted by Gasteiger charge is 2.11. The topological polar surface area (TPSA) is 52.1 Å². The second kappa shape index (κ2) is 5.89. The predicted octanol–water partition coefficient (Wildman–Crippen LogP) is 3.43. The van der Waals surface area contributed by atoms with Gasteiger partial charge >= 0.3 is 5.97 Å². The molecular formula is C17H13FN2O2. The summed E-state index contributed by atoms with van der Waals surface area (Å²) >= 11 is 0. The smallest absolute Gasteiger partial charge is 0.338 e. The molecule has 1 aromatic heterocycles. The van der Waals surface area contributed by atoms with Crippen LogP contribution in [0, 0.1) is 12.7 Å². The lowest BCUT2D eigenvalue weighted by atomic mass is 10.2. The molecule has 5 heteroatoms. The van der Waals surface area contributed by atoms with Gasteiger partial charge in [-0.1, -0.05) is 18.2 Å². The van der Waals surface area contributed by atoms with Crippen LogP contribution in [0.1, 0.15) is 21.7 Å². The van der Waals surface area contributed by atoms with Crippen LogP contribution in [0.4, 0.5) is 4.39 Å². The number of benzene rings is 2. The molecule has 0 N–H and O–H groups in total. The monoisotopic (exact) mass is 296 g/mol. The third kappa shape index (κ3) is 2.93. The summed E-state index contributed by atoms with van der Waals surface area (Å²) in [4.78, 5) is 20.8. The average molecular weight is 296 g/mol. The number of nitrogens with zero attached hydrogens (tertiary/aromatic N) is 2. The molecule has 2 aromatic carbocycles. The molecule has 0 amide bonds. The highest BCUT2D eigenvalue weighted by atomic mass is 19.1. The fraction of sp³-hybridized carbons (Fsp3) is 0.118. The van der Waals surface area contributed by atoms with Crippen LogP contribution in [0.5, 0.6) is 0 Å². The van der Waals surface area contributed by atoms with Crippen molar-refractivity contribution in [1.29, 1.82) is 0 Å². The van der Waals surface area contributed by atoms with Gasteiger partial charge in [-0.15, -0.1) is 0 Å². The highest BCUT2D eigenvalue weighted by Crippen LogP contribution is 2.14. The minimum atomic E-state index is -0.589. The van der Waals surface area contributed by atoms with Crippen LogP contribution < -0.4 is 0 Å². The van der Waals surface area contributed by atoms with E-state index in [9.17, 15) is 9.18 Å². The number of carbonyl (C=O) groups is 1. The zero-order chi connectivity index (χ0) is 15.5. The molecule has 0 bridgehead atoms. The van der Waals surface area contributed by atoms with Gasteiger partial charge in [-0.3, -0.25) is 0 Å². The number of hydrogen-bond acceptors (Lipinski definition) is 4. The van der Waals surface area contributed by atoms with Crippen molar-refractivity contribution in [2.75, 3.05) is 0 Å². The Balaban J connectivity index is 1.79. The zero-order valence-corrected chi connectivity index (χ0v) is 11.9. The van der Waals surface area contributed by atoms with E-state index >= 15 is 0 Å². The van der Waals surface area contributed by atoms with Crippen molar-refractivity contribution < 1.29 is 13.9 Å². The first-order chi connectivity index (χ1) is 10.6. The molecule has 3 rings (SSSR count). The van der Waals surface area contributed by atoms with Crippen LogP contribution in [-0.4, -0.2) is 15.9 Å². The normalized spacial score (nSPS) is 10.6. The van der Waals surface area contributed by atoms with Crippen LogP contribution in [0.15, 0.2) is 48.5 Å². The molecule has 0 atom stereocenters. The van der Waals surface area contributed by atoms with Gasteiger partial charge in [0.25, 0.3) is 0 Å². The van der Waals surface area contributed by atoms with E-state index in [1.807, 2.05) is 31.2 Å². The van der Waals surface area contributed by atoms with Gasteiger partial charge in [0.2, 0.25) is 0 Å². The van der Waals surface area contributed by atoms with Gasteiger partial charge in [0.1, 0.15) is 12.4 Å². The fourth-order valence-electron chi connectivity index (χ4n) is 2.09. The summed E-state index contributed by atoms with van der Waals surface area (Å²) in [6.07, 6.45) is 0. The van der Waals surface area contributed by atoms with Crippen molar-refractivity contribution >= 4 is 17.0 Å². The molecule has 0 radical (unpaired) electrons. The Morgan fingerprint density at radius 3 is 2.55 bits per heavy atom. The first kappa shape index (κ1) is 14.1. The molecule has 0 saturated heterocycles. The van der Waals surface area contributed by atoms with Crippen LogP contribution in [0.2, 0.25) is 0 Å². The van der Waals surface area contributed by atoms with Crippen LogP contribution in [-0.2, 0) is 11.3 Å². The largest absolute Gasteiger partial charge is 0.456 e. The standard InChI is InChI=1S/C17H13FN2O2/c1-11-16(20-15-8-3-2-7-14(15)19-11)10-22-17(21)12-5-4-6-13(18)9-12/h2-9H,10H2,1H3. The molecule has 0 unspecified atom stereocenters. The molecule has 110 valence electrons. The predicted molar refractivity (Wildman–Crippen MR) is 79.8 cm³/mol. The van der Waals surface area contributed by atoms with E-state index in [2.05, 4.69) is 9.97 Å². The molecule has 0 aliphatic heterocycles. The number of fused-ring (bicyclic) bond motifs is 1. The Bertz CT molecular complexity index is 849. The first-order valence-corrected chi connectivity index (χ1v) is 6.78. The number of aromatic nitrogens is 2. The first-order valence-electron chi connectivity index (χ1n) is 6.78. The Hall–Kier alpha value is -2.82. The van der Waals surface area contributed by atoms with Gasteiger partial charge < -0.3 is 4.74 Å². The average Bonchev–Trinajstić information content (AvgIpc) is 2.52. The number of aryl methyl sites for hydroxylation is 1. The summed E-state index contributed by atoms with van der Waals surface area (Å²) in [5.74, 6) is -1.06. The number of esters is 1. The van der Waals surface area contributed by atoms with Gasteiger partial charge in [0, 0.05) is 0 Å². The minimum absolute atomic E-state index is 0.000978. The Morgan fingerprint density at radius 2 is 1.82 bits per heavy atom. The lowest BCUT2D eigenvalue weighted by Crippen LogP contribution is -2.08. The van der Waals surface area contributed by atoms with E-state index in [1.54, 1.807) is 0 Å². The number of hydrogen-bond donors (Lipinski definition) is 0. The molecule has 4 nitrogen and oxygen atoms in total. The maximum Gasteiger partial charge on any atom is 0.338 e. The number of rotatable bonds is 3. The van der Waals surface area contributed by atoms with Crippen molar-refractivity contribution in [3.63, 3.8) is 0 Å². The molecule has 0 aliphatic carbocycles. The Labute approximate surface area is 126 Å². The summed E-state index contributed by atoms with van der Waals surface area (Å²) in [7, 11) is 0. The van der Waals surface area contributed by atoms with Crippen molar-refractivity contribution in [2.45, 2.75) is 13.5 Å². The number of para-hydroxylation sites is 2. The van der Waals surface area contributed by atoms with E-state index in [4.69, 9.17) is 4.74 Å². The summed E-state index contributed by atoms with van der Waals surface area (Å²) in [5.41, 5.74) is 2.99. The molecule has 3 aromatic rings. The molecule has 0 saturated carbocycles. The van der Waals surface area contributed by atoms with E-state index in [0.717, 1.165) is 17.1 Å². The van der Waals surface area contributed by atoms with Gasteiger partial charge in [-0.05, 0) is 37.3 Å². The van der Waals surface area contributed by atoms with Crippen molar-refractivity contribution in [3.05, 3.63) is 71.3 Å². The van der Waals surface area contributed by atoms with Crippen molar-refractivity contribution in [3.8, 4) is 0 Å². The fourth-order valence-corrected chi connectivity index (χ4v) is 2.09. The minimum Gasteiger partial charge on any atom is -0.456 e. The maximum atomic E-state index is 13.1. The molecule has 0 fully saturated rings. The third-order valence-electron chi connectivity index (χ3n) is 3.24. The van der Waals surface area contributed by atoms with Gasteiger partial charge in [0.15, 0.2) is 0 Å².